The molecule has 0 saturated carbocycles. The van der Waals surface area contributed by atoms with Crippen molar-refractivity contribution in [3.05, 3.63) is 46.4 Å². The fourth-order valence-corrected chi connectivity index (χ4v) is 3.28. The predicted octanol–water partition coefficient (Wildman–Crippen LogP) is 1.56. The molecule has 2 N–H and O–H groups in total. The first-order valence-electron chi connectivity index (χ1n) is 6.98. The molecule has 0 unspecified atom stereocenters. The summed E-state index contributed by atoms with van der Waals surface area (Å²) in [6.45, 7) is 4.97. The van der Waals surface area contributed by atoms with Gasteiger partial charge in [0.2, 0.25) is 0 Å². The minimum Gasteiger partial charge on any atom is -0.369 e. The Morgan fingerprint density at radius 1 is 1.29 bits per heavy atom. The monoisotopic (exact) mass is 302 g/mol. The first kappa shape index (κ1) is 14.0. The van der Waals surface area contributed by atoms with E-state index >= 15 is 0 Å². The van der Waals surface area contributed by atoms with Crippen molar-refractivity contribution < 1.29 is 4.79 Å². The standard InChI is InChI=1S/C15H18N4OS/c16-15(20)14-10-12(3-4-17-14)19-7-5-18(6-8-19)11-13-2-1-9-21-13/h1-4,9-10H,5-8,11H2,(H2,16,20). The molecule has 2 aromatic rings. The van der Waals surface area contributed by atoms with Gasteiger partial charge >= 0.3 is 0 Å². The highest BCUT2D eigenvalue weighted by molar-refractivity contribution is 7.09. The van der Waals surface area contributed by atoms with Crippen molar-refractivity contribution in [1.82, 2.24) is 9.88 Å². The van der Waals surface area contributed by atoms with Crippen molar-refractivity contribution in [3.8, 4) is 0 Å². The van der Waals surface area contributed by atoms with Gasteiger partial charge in [0.25, 0.3) is 5.91 Å². The fraction of sp³-hybridized carbons (Fsp3) is 0.333. The number of nitrogens with two attached hydrogens (primary N) is 1. The number of rotatable bonds is 4. The molecule has 0 spiro atoms. The average Bonchev–Trinajstić information content (AvgIpc) is 3.01. The van der Waals surface area contributed by atoms with Crippen molar-refractivity contribution in [2.24, 2.45) is 5.73 Å². The molecule has 0 atom stereocenters. The van der Waals surface area contributed by atoms with E-state index in [0.717, 1.165) is 38.4 Å². The summed E-state index contributed by atoms with van der Waals surface area (Å²) in [6.07, 6.45) is 1.65. The van der Waals surface area contributed by atoms with E-state index in [2.05, 4.69) is 32.3 Å². The number of carbonyl (C=O) groups excluding carboxylic acids is 1. The lowest BCUT2D eigenvalue weighted by Gasteiger charge is -2.35. The van der Waals surface area contributed by atoms with E-state index in [1.807, 2.05) is 6.07 Å². The van der Waals surface area contributed by atoms with Gasteiger partial charge in [-0.1, -0.05) is 6.07 Å². The number of anilines is 1. The molecule has 3 heterocycles. The molecule has 1 aliphatic rings. The van der Waals surface area contributed by atoms with Crippen LogP contribution < -0.4 is 10.6 Å². The molecule has 1 amide bonds. The summed E-state index contributed by atoms with van der Waals surface area (Å²) in [5, 5.41) is 2.12. The third-order valence-corrected chi connectivity index (χ3v) is 4.55. The second-order valence-corrected chi connectivity index (χ2v) is 6.14. The Labute approximate surface area is 128 Å². The number of amides is 1. The van der Waals surface area contributed by atoms with Crippen molar-refractivity contribution in [1.29, 1.82) is 0 Å². The summed E-state index contributed by atoms with van der Waals surface area (Å²) in [5.41, 5.74) is 6.63. The first-order valence-corrected chi connectivity index (χ1v) is 7.86. The Balaban J connectivity index is 1.60. The Morgan fingerprint density at radius 2 is 2.10 bits per heavy atom. The van der Waals surface area contributed by atoms with Crippen molar-refractivity contribution in [2.75, 3.05) is 31.1 Å². The van der Waals surface area contributed by atoms with Crippen LogP contribution in [0.5, 0.6) is 0 Å². The number of pyridine rings is 1. The number of carbonyl (C=O) groups is 1. The zero-order chi connectivity index (χ0) is 14.7. The van der Waals surface area contributed by atoms with Gasteiger partial charge in [0.05, 0.1) is 0 Å². The SMILES string of the molecule is NC(=O)c1cc(N2CCN(Cc3cccs3)CC2)ccn1. The summed E-state index contributed by atoms with van der Waals surface area (Å²) in [4.78, 5) is 21.3. The average molecular weight is 302 g/mol. The van der Waals surface area contributed by atoms with Crippen molar-refractivity contribution in [3.63, 3.8) is 0 Å². The van der Waals surface area contributed by atoms with Gasteiger partial charge in [-0.15, -0.1) is 11.3 Å². The van der Waals surface area contributed by atoms with E-state index < -0.39 is 5.91 Å². The number of aromatic nitrogens is 1. The molecular weight excluding hydrogens is 284 g/mol. The van der Waals surface area contributed by atoms with Crippen LogP contribution in [0.4, 0.5) is 5.69 Å². The highest BCUT2D eigenvalue weighted by Crippen LogP contribution is 2.18. The van der Waals surface area contributed by atoms with E-state index in [4.69, 9.17) is 5.73 Å². The van der Waals surface area contributed by atoms with Crippen LogP contribution in [-0.2, 0) is 6.54 Å². The number of thiophene rings is 1. The van der Waals surface area contributed by atoms with Crippen molar-refractivity contribution >= 4 is 22.9 Å². The molecule has 3 rings (SSSR count). The van der Waals surface area contributed by atoms with Crippen LogP contribution in [0.3, 0.4) is 0 Å². The third-order valence-electron chi connectivity index (χ3n) is 3.69. The van der Waals surface area contributed by atoms with Gasteiger partial charge in [0.1, 0.15) is 5.69 Å². The molecule has 5 nitrogen and oxygen atoms in total. The lowest BCUT2D eigenvalue weighted by atomic mass is 10.2. The lowest BCUT2D eigenvalue weighted by molar-refractivity contribution is 0.0995. The van der Waals surface area contributed by atoms with Gasteiger partial charge in [-0.3, -0.25) is 14.7 Å². The summed E-state index contributed by atoms with van der Waals surface area (Å²) in [6, 6.07) is 7.98. The van der Waals surface area contributed by atoms with E-state index in [9.17, 15) is 4.79 Å². The van der Waals surface area contributed by atoms with Crippen LogP contribution in [0.25, 0.3) is 0 Å². The Morgan fingerprint density at radius 3 is 2.76 bits per heavy atom. The molecule has 2 aromatic heterocycles. The van der Waals surface area contributed by atoms with Gasteiger partial charge in [-0.05, 0) is 23.6 Å². The van der Waals surface area contributed by atoms with Crippen LogP contribution in [0.1, 0.15) is 15.4 Å². The molecule has 0 aliphatic carbocycles. The molecule has 110 valence electrons. The first-order chi connectivity index (χ1) is 10.2. The molecule has 1 saturated heterocycles. The van der Waals surface area contributed by atoms with Crippen LogP contribution in [-0.4, -0.2) is 42.0 Å². The molecule has 1 fully saturated rings. The summed E-state index contributed by atoms with van der Waals surface area (Å²) in [5.74, 6) is -0.479. The molecule has 0 bridgehead atoms. The topological polar surface area (TPSA) is 62.5 Å². The molecular formula is C15H18N4OS. The largest absolute Gasteiger partial charge is 0.369 e. The van der Waals surface area contributed by atoms with Gasteiger partial charge in [0.15, 0.2) is 0 Å². The fourth-order valence-electron chi connectivity index (χ4n) is 2.54. The quantitative estimate of drug-likeness (QED) is 0.931. The van der Waals surface area contributed by atoms with Crippen molar-refractivity contribution in [2.45, 2.75) is 6.54 Å². The van der Waals surface area contributed by atoms with Gasteiger partial charge in [-0.25, -0.2) is 0 Å². The Kier molecular flexibility index (Phi) is 4.17. The van der Waals surface area contributed by atoms with E-state index in [0.29, 0.717) is 5.69 Å². The molecule has 21 heavy (non-hydrogen) atoms. The number of hydrogen-bond donors (Lipinski definition) is 1. The molecule has 0 radical (unpaired) electrons. The predicted molar refractivity (Wildman–Crippen MR) is 84.6 cm³/mol. The zero-order valence-electron chi connectivity index (χ0n) is 11.7. The van der Waals surface area contributed by atoms with Gasteiger partial charge in [0, 0.05) is 49.5 Å². The van der Waals surface area contributed by atoms with Crippen LogP contribution in [0.15, 0.2) is 35.8 Å². The Hall–Kier alpha value is -1.92. The number of nitrogens with zero attached hydrogens (tertiary/aromatic N) is 3. The highest BCUT2D eigenvalue weighted by Gasteiger charge is 2.18. The molecule has 0 aromatic carbocycles. The minimum atomic E-state index is -0.479. The second-order valence-electron chi connectivity index (χ2n) is 5.11. The van der Waals surface area contributed by atoms with E-state index in [1.54, 1.807) is 23.6 Å². The summed E-state index contributed by atoms with van der Waals surface area (Å²) in [7, 11) is 0. The minimum absolute atomic E-state index is 0.327. The van der Waals surface area contributed by atoms with Crippen LogP contribution in [0, 0.1) is 0 Å². The normalized spacial score (nSPS) is 16.1. The van der Waals surface area contributed by atoms with Crippen LogP contribution >= 0.6 is 11.3 Å². The lowest BCUT2D eigenvalue weighted by Crippen LogP contribution is -2.45. The molecule has 1 aliphatic heterocycles. The van der Waals surface area contributed by atoms with E-state index in [1.165, 1.54) is 4.88 Å². The zero-order valence-corrected chi connectivity index (χ0v) is 12.6. The third kappa shape index (κ3) is 3.40. The second kappa shape index (κ2) is 6.24. The van der Waals surface area contributed by atoms with Gasteiger partial charge < -0.3 is 10.6 Å². The maximum absolute atomic E-state index is 11.2. The maximum atomic E-state index is 11.2. The molecule has 6 heteroatoms. The number of hydrogen-bond acceptors (Lipinski definition) is 5. The Bertz CT molecular complexity index is 606. The number of primary amides is 1. The smallest absolute Gasteiger partial charge is 0.267 e. The van der Waals surface area contributed by atoms with Crippen LogP contribution in [0.2, 0.25) is 0 Å². The summed E-state index contributed by atoms with van der Waals surface area (Å²) >= 11 is 1.80. The van der Waals surface area contributed by atoms with E-state index in [-0.39, 0.29) is 0 Å². The van der Waals surface area contributed by atoms with Gasteiger partial charge in [-0.2, -0.15) is 0 Å². The summed E-state index contributed by atoms with van der Waals surface area (Å²) < 4.78 is 0. The maximum Gasteiger partial charge on any atom is 0.267 e. The highest BCUT2D eigenvalue weighted by atomic mass is 32.1. The number of piperazine rings is 1.